The Labute approximate surface area is 137 Å². The van der Waals surface area contributed by atoms with Gasteiger partial charge in [-0.05, 0) is 31.4 Å². The number of hydrogen-bond donors (Lipinski definition) is 1. The molecule has 1 aromatic rings. The summed E-state index contributed by atoms with van der Waals surface area (Å²) in [4.78, 5) is 6.92. The Hall–Kier alpha value is -1.31. The van der Waals surface area contributed by atoms with Crippen molar-refractivity contribution in [1.29, 1.82) is 5.26 Å². The number of anilines is 1. The maximum absolute atomic E-state index is 9.40. The molecule has 0 saturated heterocycles. The molecule has 118 valence electrons. The van der Waals surface area contributed by atoms with E-state index in [4.69, 9.17) is 11.6 Å². The van der Waals surface area contributed by atoms with Gasteiger partial charge in [-0.3, -0.25) is 4.90 Å². The molecule has 5 heteroatoms. The van der Waals surface area contributed by atoms with E-state index < -0.39 is 0 Å². The standard InChI is InChI=1S/C17H23ClN4/c1-2-22-9-8-13-14(10-19)16(18)21-17(15(13)11-22)20-12-6-4-3-5-7-12/h12H,2-9,11H2,1H3,(H,20,21). The molecule has 4 nitrogen and oxygen atoms in total. The van der Waals surface area contributed by atoms with Crippen molar-refractivity contribution < 1.29 is 0 Å². The van der Waals surface area contributed by atoms with E-state index in [1.165, 1.54) is 37.7 Å². The van der Waals surface area contributed by atoms with E-state index in [9.17, 15) is 5.26 Å². The van der Waals surface area contributed by atoms with Crippen molar-refractivity contribution in [2.45, 2.75) is 58.0 Å². The average molecular weight is 319 g/mol. The third-order valence-corrected chi connectivity index (χ3v) is 5.21. The predicted octanol–water partition coefficient (Wildman–Crippen LogP) is 3.73. The molecule has 0 aromatic carbocycles. The minimum absolute atomic E-state index is 0.351. The van der Waals surface area contributed by atoms with Crippen LogP contribution in [-0.2, 0) is 13.0 Å². The molecule has 1 aromatic heterocycles. The normalized spacial score (nSPS) is 19.5. The number of nitriles is 1. The number of fused-ring (bicyclic) bond motifs is 1. The first-order valence-corrected chi connectivity index (χ1v) is 8.71. The fourth-order valence-electron chi connectivity index (χ4n) is 3.60. The van der Waals surface area contributed by atoms with Gasteiger partial charge >= 0.3 is 0 Å². The molecule has 0 amide bonds. The highest BCUT2D eigenvalue weighted by molar-refractivity contribution is 6.30. The topological polar surface area (TPSA) is 52.0 Å². The Balaban J connectivity index is 1.95. The first kappa shape index (κ1) is 15.6. The molecule has 0 atom stereocenters. The van der Waals surface area contributed by atoms with E-state index in [0.717, 1.165) is 37.4 Å². The number of aromatic nitrogens is 1. The van der Waals surface area contributed by atoms with E-state index in [0.29, 0.717) is 16.8 Å². The van der Waals surface area contributed by atoms with Crippen LogP contribution in [0.2, 0.25) is 5.15 Å². The maximum Gasteiger partial charge on any atom is 0.149 e. The summed E-state index contributed by atoms with van der Waals surface area (Å²) in [5.41, 5.74) is 2.85. The van der Waals surface area contributed by atoms with E-state index in [2.05, 4.69) is 28.2 Å². The van der Waals surface area contributed by atoms with Crippen molar-refractivity contribution in [2.75, 3.05) is 18.4 Å². The number of likely N-dealkylation sites (N-methyl/N-ethyl adjacent to an activating group) is 1. The van der Waals surface area contributed by atoms with Crippen LogP contribution in [0, 0.1) is 11.3 Å². The fraction of sp³-hybridized carbons (Fsp3) is 0.647. The van der Waals surface area contributed by atoms with Crippen LogP contribution in [0.15, 0.2) is 0 Å². The van der Waals surface area contributed by atoms with Crippen LogP contribution < -0.4 is 5.32 Å². The first-order valence-electron chi connectivity index (χ1n) is 8.33. The van der Waals surface area contributed by atoms with Gasteiger partial charge in [-0.2, -0.15) is 5.26 Å². The summed E-state index contributed by atoms with van der Waals surface area (Å²) < 4.78 is 0. The number of nitrogens with zero attached hydrogens (tertiary/aromatic N) is 3. The Bertz CT molecular complexity index is 587. The summed E-state index contributed by atoms with van der Waals surface area (Å²) in [5.74, 6) is 0.907. The van der Waals surface area contributed by atoms with Gasteiger partial charge in [0.1, 0.15) is 17.0 Å². The van der Waals surface area contributed by atoms with Gasteiger partial charge in [-0.1, -0.05) is 37.8 Å². The SMILES string of the molecule is CCN1CCc2c(C#N)c(Cl)nc(NC3CCCCC3)c2C1. The van der Waals surface area contributed by atoms with Crippen LogP contribution in [0.4, 0.5) is 5.82 Å². The lowest BCUT2D eigenvalue weighted by atomic mass is 9.93. The summed E-state index contributed by atoms with van der Waals surface area (Å²) in [6.07, 6.45) is 7.18. The number of rotatable bonds is 3. The second kappa shape index (κ2) is 6.85. The monoisotopic (exact) mass is 318 g/mol. The number of halogens is 1. The molecule has 1 fully saturated rings. The molecule has 0 bridgehead atoms. The minimum Gasteiger partial charge on any atom is -0.367 e. The number of nitrogens with one attached hydrogen (secondary N) is 1. The van der Waals surface area contributed by atoms with Gasteiger partial charge in [0.2, 0.25) is 0 Å². The van der Waals surface area contributed by atoms with E-state index >= 15 is 0 Å². The molecule has 1 N–H and O–H groups in total. The number of hydrogen-bond acceptors (Lipinski definition) is 4. The average Bonchev–Trinajstić information content (AvgIpc) is 2.56. The lowest BCUT2D eigenvalue weighted by Gasteiger charge is -2.31. The molecular weight excluding hydrogens is 296 g/mol. The van der Waals surface area contributed by atoms with Crippen molar-refractivity contribution in [2.24, 2.45) is 0 Å². The molecular formula is C17H23ClN4. The van der Waals surface area contributed by atoms with Crippen molar-refractivity contribution in [3.05, 3.63) is 21.8 Å². The third kappa shape index (κ3) is 3.06. The molecule has 22 heavy (non-hydrogen) atoms. The van der Waals surface area contributed by atoms with Gasteiger partial charge in [0.15, 0.2) is 0 Å². The lowest BCUT2D eigenvalue weighted by Crippen LogP contribution is -2.33. The van der Waals surface area contributed by atoms with E-state index in [-0.39, 0.29) is 0 Å². The van der Waals surface area contributed by atoms with Gasteiger partial charge in [-0.25, -0.2) is 4.98 Å². The van der Waals surface area contributed by atoms with Crippen LogP contribution >= 0.6 is 11.6 Å². The van der Waals surface area contributed by atoms with Crippen molar-refractivity contribution in [1.82, 2.24) is 9.88 Å². The van der Waals surface area contributed by atoms with E-state index in [1.54, 1.807) is 0 Å². The number of pyridine rings is 1. The second-order valence-corrected chi connectivity index (χ2v) is 6.65. The highest BCUT2D eigenvalue weighted by atomic mass is 35.5. The van der Waals surface area contributed by atoms with Gasteiger partial charge in [-0.15, -0.1) is 0 Å². The van der Waals surface area contributed by atoms with E-state index in [1.807, 2.05) is 0 Å². The zero-order valence-corrected chi connectivity index (χ0v) is 13.9. The molecule has 0 unspecified atom stereocenters. The minimum atomic E-state index is 0.351. The Morgan fingerprint density at radius 2 is 2.09 bits per heavy atom. The third-order valence-electron chi connectivity index (χ3n) is 4.93. The quantitative estimate of drug-likeness (QED) is 0.863. The Morgan fingerprint density at radius 1 is 1.32 bits per heavy atom. The van der Waals surface area contributed by atoms with Crippen LogP contribution in [0.3, 0.4) is 0 Å². The Morgan fingerprint density at radius 3 is 2.77 bits per heavy atom. The zero-order chi connectivity index (χ0) is 15.5. The van der Waals surface area contributed by atoms with Crippen LogP contribution in [-0.4, -0.2) is 29.0 Å². The summed E-state index contributed by atoms with van der Waals surface area (Å²) >= 11 is 6.27. The van der Waals surface area contributed by atoms with Gasteiger partial charge in [0.05, 0.1) is 5.56 Å². The highest BCUT2D eigenvalue weighted by Gasteiger charge is 2.26. The summed E-state index contributed by atoms with van der Waals surface area (Å²) in [5, 5.41) is 13.4. The van der Waals surface area contributed by atoms with Crippen LogP contribution in [0.5, 0.6) is 0 Å². The largest absolute Gasteiger partial charge is 0.367 e. The predicted molar refractivity (Wildman–Crippen MR) is 89.1 cm³/mol. The van der Waals surface area contributed by atoms with Crippen molar-refractivity contribution >= 4 is 17.4 Å². The summed E-state index contributed by atoms with van der Waals surface area (Å²) in [7, 11) is 0. The highest BCUT2D eigenvalue weighted by Crippen LogP contribution is 2.33. The molecule has 1 saturated carbocycles. The lowest BCUT2D eigenvalue weighted by molar-refractivity contribution is 0.268. The fourth-order valence-corrected chi connectivity index (χ4v) is 3.84. The molecule has 1 aliphatic heterocycles. The van der Waals surface area contributed by atoms with Gasteiger partial charge < -0.3 is 5.32 Å². The van der Waals surface area contributed by atoms with Crippen LogP contribution in [0.1, 0.15) is 55.7 Å². The smallest absolute Gasteiger partial charge is 0.149 e. The van der Waals surface area contributed by atoms with Gasteiger partial charge in [0, 0.05) is 24.7 Å². The zero-order valence-electron chi connectivity index (χ0n) is 13.2. The maximum atomic E-state index is 9.40. The molecule has 2 heterocycles. The Kier molecular flexibility index (Phi) is 4.85. The molecule has 3 rings (SSSR count). The second-order valence-electron chi connectivity index (χ2n) is 6.29. The molecule has 1 aliphatic carbocycles. The molecule has 2 aliphatic rings. The molecule has 0 spiro atoms. The summed E-state index contributed by atoms with van der Waals surface area (Å²) in [6.45, 7) is 5.04. The van der Waals surface area contributed by atoms with Crippen LogP contribution in [0.25, 0.3) is 0 Å². The molecule has 0 radical (unpaired) electrons. The summed E-state index contributed by atoms with van der Waals surface area (Å²) in [6, 6.07) is 2.74. The van der Waals surface area contributed by atoms with Crippen molar-refractivity contribution in [3.63, 3.8) is 0 Å². The van der Waals surface area contributed by atoms with Crippen molar-refractivity contribution in [3.8, 4) is 6.07 Å². The van der Waals surface area contributed by atoms with Gasteiger partial charge in [0.25, 0.3) is 0 Å². The first-order chi connectivity index (χ1) is 10.7.